The van der Waals surface area contributed by atoms with Crippen LogP contribution in [0.4, 0.5) is 0 Å². The smallest absolute Gasteiger partial charge is 0.140 e. The Labute approximate surface area is 125 Å². The first-order valence-corrected chi connectivity index (χ1v) is 7.34. The Morgan fingerprint density at radius 3 is 2.85 bits per heavy atom. The normalized spacial score (nSPS) is 12.3. The number of hydrogen-bond donors (Lipinski definition) is 1. The number of hydrogen-bond acceptors (Lipinski definition) is 3. The maximum absolute atomic E-state index is 6.02. The Balaban J connectivity index is 2.37. The van der Waals surface area contributed by atoms with Gasteiger partial charge in [-0.2, -0.15) is 0 Å². The number of rotatable bonds is 6. The fourth-order valence-corrected chi connectivity index (χ4v) is 2.39. The Kier molecular flexibility index (Phi) is 4.90. The van der Waals surface area contributed by atoms with Gasteiger partial charge in [0.1, 0.15) is 10.7 Å². The van der Waals surface area contributed by atoms with Gasteiger partial charge in [-0.05, 0) is 24.5 Å². The third-order valence-corrected chi connectivity index (χ3v) is 3.51. The SMILES string of the molecule is CCCC(C)COc1c(C(N)=S)cnc2ccccc12. The average Bonchev–Trinajstić information content (AvgIpc) is 2.44. The minimum absolute atomic E-state index is 0.321. The molecule has 106 valence electrons. The van der Waals surface area contributed by atoms with E-state index in [2.05, 4.69) is 18.8 Å². The fraction of sp³-hybridized carbons (Fsp3) is 0.375. The second-order valence-electron chi connectivity index (χ2n) is 5.09. The molecule has 0 spiro atoms. The van der Waals surface area contributed by atoms with Gasteiger partial charge in [-0.3, -0.25) is 4.98 Å². The van der Waals surface area contributed by atoms with Gasteiger partial charge in [0.05, 0.1) is 17.7 Å². The van der Waals surface area contributed by atoms with E-state index in [0.717, 1.165) is 29.5 Å². The van der Waals surface area contributed by atoms with Crippen molar-refractivity contribution >= 4 is 28.1 Å². The number of nitrogens with zero attached hydrogens (tertiary/aromatic N) is 1. The zero-order chi connectivity index (χ0) is 14.5. The number of ether oxygens (including phenoxy) is 1. The largest absolute Gasteiger partial charge is 0.492 e. The first-order chi connectivity index (χ1) is 9.63. The van der Waals surface area contributed by atoms with Crippen LogP contribution in [0.15, 0.2) is 30.5 Å². The molecule has 1 aromatic carbocycles. The summed E-state index contributed by atoms with van der Waals surface area (Å²) in [5, 5.41) is 0.960. The van der Waals surface area contributed by atoms with E-state index in [1.807, 2.05) is 24.3 Å². The number of nitrogens with two attached hydrogens (primary N) is 1. The van der Waals surface area contributed by atoms with E-state index in [4.69, 9.17) is 22.7 Å². The van der Waals surface area contributed by atoms with Gasteiger partial charge in [0, 0.05) is 11.6 Å². The maximum atomic E-state index is 6.02. The molecule has 0 radical (unpaired) electrons. The zero-order valence-electron chi connectivity index (χ0n) is 11.9. The highest BCUT2D eigenvalue weighted by atomic mass is 32.1. The molecule has 0 bridgehead atoms. The van der Waals surface area contributed by atoms with Gasteiger partial charge in [0.15, 0.2) is 0 Å². The maximum Gasteiger partial charge on any atom is 0.140 e. The zero-order valence-corrected chi connectivity index (χ0v) is 12.7. The molecule has 2 rings (SSSR count). The van der Waals surface area contributed by atoms with Crippen molar-refractivity contribution in [2.45, 2.75) is 26.7 Å². The quantitative estimate of drug-likeness (QED) is 0.824. The van der Waals surface area contributed by atoms with Crippen LogP contribution in [0.25, 0.3) is 10.9 Å². The van der Waals surface area contributed by atoms with Crippen LogP contribution < -0.4 is 10.5 Å². The molecule has 1 unspecified atom stereocenters. The summed E-state index contributed by atoms with van der Waals surface area (Å²) >= 11 is 5.10. The van der Waals surface area contributed by atoms with Crippen molar-refractivity contribution in [3.05, 3.63) is 36.0 Å². The van der Waals surface area contributed by atoms with Crippen molar-refractivity contribution in [3.63, 3.8) is 0 Å². The topological polar surface area (TPSA) is 48.1 Å². The summed E-state index contributed by atoms with van der Waals surface area (Å²) in [6.07, 6.45) is 4.00. The van der Waals surface area contributed by atoms with Crippen LogP contribution >= 0.6 is 12.2 Å². The first-order valence-electron chi connectivity index (χ1n) is 6.93. The van der Waals surface area contributed by atoms with Crippen LogP contribution in [0.3, 0.4) is 0 Å². The molecule has 0 amide bonds. The molecule has 0 aliphatic heterocycles. The Morgan fingerprint density at radius 2 is 2.15 bits per heavy atom. The van der Waals surface area contributed by atoms with Crippen molar-refractivity contribution in [2.24, 2.45) is 11.7 Å². The molecule has 1 atom stereocenters. The van der Waals surface area contributed by atoms with Crippen molar-refractivity contribution in [1.82, 2.24) is 4.98 Å². The molecular formula is C16H20N2OS. The highest BCUT2D eigenvalue weighted by Gasteiger charge is 2.13. The van der Waals surface area contributed by atoms with Crippen LogP contribution in [0, 0.1) is 5.92 Å². The van der Waals surface area contributed by atoms with Gasteiger partial charge in [0.2, 0.25) is 0 Å². The highest BCUT2D eigenvalue weighted by molar-refractivity contribution is 7.80. The van der Waals surface area contributed by atoms with Gasteiger partial charge in [-0.1, -0.05) is 44.6 Å². The second-order valence-corrected chi connectivity index (χ2v) is 5.53. The predicted octanol–water partition coefficient (Wildman–Crippen LogP) is 3.68. The molecule has 3 nitrogen and oxygen atoms in total. The standard InChI is InChI=1S/C16H20N2OS/c1-3-6-11(2)10-19-15-12-7-4-5-8-14(12)18-9-13(15)16(17)20/h4-5,7-9,11H,3,6,10H2,1-2H3,(H2,17,20). The number of fused-ring (bicyclic) bond motifs is 1. The van der Waals surface area contributed by atoms with Crippen molar-refractivity contribution in [1.29, 1.82) is 0 Å². The molecule has 1 heterocycles. The number of aromatic nitrogens is 1. The molecule has 0 aliphatic rings. The number of pyridine rings is 1. The number of thiocarbonyl (C=S) groups is 1. The summed E-state index contributed by atoms with van der Waals surface area (Å²) in [5.74, 6) is 1.26. The Hall–Kier alpha value is -1.68. The minimum Gasteiger partial charge on any atom is -0.492 e. The molecule has 20 heavy (non-hydrogen) atoms. The molecule has 0 saturated heterocycles. The molecule has 4 heteroatoms. The van der Waals surface area contributed by atoms with Crippen LogP contribution in [0.1, 0.15) is 32.3 Å². The minimum atomic E-state index is 0.321. The second kappa shape index (κ2) is 6.66. The molecule has 2 N–H and O–H groups in total. The number of benzene rings is 1. The summed E-state index contributed by atoms with van der Waals surface area (Å²) in [7, 11) is 0. The van der Waals surface area contributed by atoms with Gasteiger partial charge in [0.25, 0.3) is 0 Å². The van der Waals surface area contributed by atoms with Crippen molar-refractivity contribution in [2.75, 3.05) is 6.61 Å². The van der Waals surface area contributed by atoms with Gasteiger partial charge in [-0.15, -0.1) is 0 Å². The lowest BCUT2D eigenvalue weighted by Gasteiger charge is -2.16. The summed E-state index contributed by atoms with van der Waals surface area (Å²) < 4.78 is 6.02. The third-order valence-electron chi connectivity index (χ3n) is 3.29. The van der Waals surface area contributed by atoms with Gasteiger partial charge < -0.3 is 10.5 Å². The monoisotopic (exact) mass is 288 g/mol. The van der Waals surface area contributed by atoms with Gasteiger partial charge >= 0.3 is 0 Å². The van der Waals surface area contributed by atoms with E-state index in [1.165, 1.54) is 0 Å². The summed E-state index contributed by atoms with van der Waals surface area (Å²) in [6, 6.07) is 7.87. The Bertz CT molecular complexity index is 612. The summed E-state index contributed by atoms with van der Waals surface area (Å²) in [5.41, 5.74) is 7.39. The average molecular weight is 288 g/mol. The molecule has 2 aromatic rings. The first kappa shape index (κ1) is 14.7. The highest BCUT2D eigenvalue weighted by Crippen LogP contribution is 2.29. The van der Waals surface area contributed by atoms with E-state index in [0.29, 0.717) is 23.1 Å². The molecule has 0 aliphatic carbocycles. The van der Waals surface area contributed by atoms with E-state index in [9.17, 15) is 0 Å². The van der Waals surface area contributed by atoms with Crippen LogP contribution in [-0.4, -0.2) is 16.6 Å². The lowest BCUT2D eigenvalue weighted by Crippen LogP contribution is -2.15. The van der Waals surface area contributed by atoms with Crippen molar-refractivity contribution in [3.8, 4) is 5.75 Å². The molecule has 0 fully saturated rings. The Morgan fingerprint density at radius 1 is 1.40 bits per heavy atom. The lowest BCUT2D eigenvalue weighted by atomic mass is 10.1. The lowest BCUT2D eigenvalue weighted by molar-refractivity contribution is 0.253. The van der Waals surface area contributed by atoms with Gasteiger partial charge in [-0.25, -0.2) is 0 Å². The fourth-order valence-electron chi connectivity index (χ4n) is 2.25. The van der Waals surface area contributed by atoms with E-state index in [1.54, 1.807) is 6.20 Å². The molecular weight excluding hydrogens is 268 g/mol. The van der Waals surface area contributed by atoms with Crippen LogP contribution in [0.5, 0.6) is 5.75 Å². The van der Waals surface area contributed by atoms with E-state index < -0.39 is 0 Å². The van der Waals surface area contributed by atoms with Crippen molar-refractivity contribution < 1.29 is 4.74 Å². The summed E-state index contributed by atoms with van der Waals surface area (Å²) in [4.78, 5) is 4.70. The molecule has 0 saturated carbocycles. The van der Waals surface area contributed by atoms with E-state index in [-0.39, 0.29) is 0 Å². The third kappa shape index (κ3) is 3.25. The van der Waals surface area contributed by atoms with Crippen LogP contribution in [-0.2, 0) is 0 Å². The number of para-hydroxylation sites is 1. The predicted molar refractivity (Wildman–Crippen MR) is 87.2 cm³/mol. The molecule has 1 aromatic heterocycles. The summed E-state index contributed by atoms with van der Waals surface area (Å²) in [6.45, 7) is 5.03. The van der Waals surface area contributed by atoms with E-state index >= 15 is 0 Å². The van der Waals surface area contributed by atoms with Crippen LogP contribution in [0.2, 0.25) is 0 Å².